The highest BCUT2D eigenvalue weighted by Crippen LogP contribution is 2.19. The standard InChI is InChI=1S/C13H22N2O/c1-12(2,3)15-10-8-7-9-11(14-10)16-13(4,5)6/h7-9H,1-6H3,(H,14,15). The molecule has 0 atom stereocenters. The van der Waals surface area contributed by atoms with E-state index in [1.54, 1.807) is 0 Å². The quantitative estimate of drug-likeness (QED) is 0.832. The van der Waals surface area contributed by atoms with E-state index in [4.69, 9.17) is 4.74 Å². The summed E-state index contributed by atoms with van der Waals surface area (Å²) >= 11 is 0. The Morgan fingerprint density at radius 3 is 2.19 bits per heavy atom. The van der Waals surface area contributed by atoms with Crippen LogP contribution in [0.2, 0.25) is 0 Å². The van der Waals surface area contributed by atoms with Crippen LogP contribution in [0.15, 0.2) is 18.2 Å². The second-order valence-corrected chi connectivity index (χ2v) is 5.95. The fourth-order valence-electron chi connectivity index (χ4n) is 1.24. The number of nitrogens with one attached hydrogen (secondary N) is 1. The van der Waals surface area contributed by atoms with Crippen LogP contribution < -0.4 is 10.1 Å². The van der Waals surface area contributed by atoms with Crippen molar-refractivity contribution in [2.45, 2.75) is 52.7 Å². The molecule has 0 amide bonds. The fourth-order valence-corrected chi connectivity index (χ4v) is 1.24. The zero-order chi connectivity index (χ0) is 12.4. The Bertz CT molecular complexity index is 316. The topological polar surface area (TPSA) is 34.1 Å². The molecule has 0 aliphatic heterocycles. The Hall–Kier alpha value is -1.25. The molecule has 0 aliphatic carbocycles. The van der Waals surface area contributed by atoms with E-state index >= 15 is 0 Å². The molecule has 0 spiro atoms. The average molecular weight is 222 g/mol. The number of nitrogens with zero attached hydrogens (tertiary/aromatic N) is 1. The van der Waals surface area contributed by atoms with E-state index in [1.807, 2.05) is 39.0 Å². The van der Waals surface area contributed by atoms with Crippen LogP contribution in [-0.2, 0) is 0 Å². The Balaban J connectivity index is 2.79. The molecule has 1 heterocycles. The molecule has 0 aromatic carbocycles. The number of rotatable bonds is 2. The summed E-state index contributed by atoms with van der Waals surface area (Å²) in [4.78, 5) is 4.41. The van der Waals surface area contributed by atoms with Gasteiger partial charge < -0.3 is 10.1 Å². The van der Waals surface area contributed by atoms with Crippen LogP contribution in [-0.4, -0.2) is 16.1 Å². The molecule has 3 nitrogen and oxygen atoms in total. The Labute approximate surface area is 98.2 Å². The van der Waals surface area contributed by atoms with Gasteiger partial charge in [-0.1, -0.05) is 6.07 Å². The largest absolute Gasteiger partial charge is 0.472 e. The van der Waals surface area contributed by atoms with Crippen molar-refractivity contribution in [1.82, 2.24) is 4.98 Å². The van der Waals surface area contributed by atoms with Crippen molar-refractivity contribution in [2.75, 3.05) is 5.32 Å². The summed E-state index contributed by atoms with van der Waals surface area (Å²) in [6, 6.07) is 5.77. The molecule has 3 heteroatoms. The lowest BCUT2D eigenvalue weighted by Crippen LogP contribution is -2.27. The first-order valence-electron chi connectivity index (χ1n) is 5.60. The number of ether oxygens (including phenoxy) is 1. The number of pyridine rings is 1. The van der Waals surface area contributed by atoms with Crippen molar-refractivity contribution >= 4 is 5.82 Å². The molecule has 0 bridgehead atoms. The fraction of sp³-hybridized carbons (Fsp3) is 0.615. The molecule has 1 rings (SSSR count). The maximum absolute atomic E-state index is 5.71. The van der Waals surface area contributed by atoms with Gasteiger partial charge in [0.2, 0.25) is 5.88 Å². The molecule has 1 N–H and O–H groups in total. The van der Waals surface area contributed by atoms with Crippen molar-refractivity contribution < 1.29 is 4.74 Å². The highest BCUT2D eigenvalue weighted by Gasteiger charge is 2.14. The number of hydrogen-bond donors (Lipinski definition) is 1. The number of aromatic nitrogens is 1. The van der Waals surface area contributed by atoms with Gasteiger partial charge in [-0.3, -0.25) is 0 Å². The zero-order valence-corrected chi connectivity index (χ0v) is 11.1. The van der Waals surface area contributed by atoms with Crippen LogP contribution >= 0.6 is 0 Å². The monoisotopic (exact) mass is 222 g/mol. The second-order valence-electron chi connectivity index (χ2n) is 5.95. The van der Waals surface area contributed by atoms with Gasteiger partial charge in [-0.25, -0.2) is 0 Å². The summed E-state index contributed by atoms with van der Waals surface area (Å²) < 4.78 is 5.71. The number of hydrogen-bond acceptors (Lipinski definition) is 3. The Kier molecular flexibility index (Phi) is 3.46. The minimum atomic E-state index is -0.215. The van der Waals surface area contributed by atoms with Gasteiger partial charge in [0, 0.05) is 11.6 Å². The molecule has 0 saturated carbocycles. The summed E-state index contributed by atoms with van der Waals surface area (Å²) in [6.45, 7) is 12.3. The van der Waals surface area contributed by atoms with E-state index in [1.165, 1.54) is 0 Å². The third-order valence-electron chi connectivity index (χ3n) is 1.64. The lowest BCUT2D eigenvalue weighted by Gasteiger charge is -2.23. The SMILES string of the molecule is CC(C)(C)Nc1cccc(OC(C)(C)C)n1. The van der Waals surface area contributed by atoms with Gasteiger partial charge in [0.15, 0.2) is 0 Å². The zero-order valence-electron chi connectivity index (χ0n) is 11.1. The molecular weight excluding hydrogens is 200 g/mol. The van der Waals surface area contributed by atoms with Crippen molar-refractivity contribution in [2.24, 2.45) is 0 Å². The first kappa shape index (κ1) is 12.8. The van der Waals surface area contributed by atoms with Crippen LogP contribution in [0.1, 0.15) is 41.5 Å². The van der Waals surface area contributed by atoms with Crippen molar-refractivity contribution in [3.8, 4) is 5.88 Å². The molecule has 90 valence electrons. The number of anilines is 1. The second kappa shape index (κ2) is 4.32. The highest BCUT2D eigenvalue weighted by molar-refractivity contribution is 5.39. The van der Waals surface area contributed by atoms with E-state index in [-0.39, 0.29) is 11.1 Å². The normalized spacial score (nSPS) is 12.4. The lowest BCUT2D eigenvalue weighted by atomic mass is 10.1. The van der Waals surface area contributed by atoms with E-state index in [9.17, 15) is 0 Å². The van der Waals surface area contributed by atoms with Gasteiger partial charge in [0.1, 0.15) is 11.4 Å². The highest BCUT2D eigenvalue weighted by atomic mass is 16.5. The Morgan fingerprint density at radius 1 is 1.06 bits per heavy atom. The third kappa shape index (κ3) is 5.01. The summed E-state index contributed by atoms with van der Waals surface area (Å²) in [5, 5.41) is 3.32. The first-order valence-corrected chi connectivity index (χ1v) is 5.60. The molecule has 0 radical (unpaired) electrons. The van der Waals surface area contributed by atoms with Crippen LogP contribution in [0.3, 0.4) is 0 Å². The summed E-state index contributed by atoms with van der Waals surface area (Å²) in [6.07, 6.45) is 0. The van der Waals surface area contributed by atoms with Crippen LogP contribution in [0.4, 0.5) is 5.82 Å². The predicted molar refractivity (Wildman–Crippen MR) is 68.0 cm³/mol. The summed E-state index contributed by atoms with van der Waals surface area (Å²) in [5.74, 6) is 1.50. The smallest absolute Gasteiger partial charge is 0.215 e. The van der Waals surface area contributed by atoms with Crippen LogP contribution in [0, 0.1) is 0 Å². The van der Waals surface area contributed by atoms with E-state index in [2.05, 4.69) is 31.1 Å². The molecule has 0 unspecified atom stereocenters. The minimum absolute atomic E-state index is 0.00730. The summed E-state index contributed by atoms with van der Waals surface area (Å²) in [7, 11) is 0. The Morgan fingerprint density at radius 2 is 1.69 bits per heavy atom. The average Bonchev–Trinajstić information content (AvgIpc) is 1.96. The maximum atomic E-state index is 5.71. The van der Waals surface area contributed by atoms with Gasteiger partial charge in [0.25, 0.3) is 0 Å². The molecule has 0 aliphatic rings. The lowest BCUT2D eigenvalue weighted by molar-refractivity contribution is 0.124. The van der Waals surface area contributed by atoms with Gasteiger partial charge >= 0.3 is 0 Å². The third-order valence-corrected chi connectivity index (χ3v) is 1.64. The summed E-state index contributed by atoms with van der Waals surface area (Å²) in [5.41, 5.74) is -0.208. The van der Waals surface area contributed by atoms with Gasteiger partial charge in [-0.05, 0) is 47.6 Å². The van der Waals surface area contributed by atoms with Crippen LogP contribution in [0.25, 0.3) is 0 Å². The van der Waals surface area contributed by atoms with E-state index in [0.29, 0.717) is 5.88 Å². The molecule has 1 aromatic heterocycles. The van der Waals surface area contributed by atoms with Gasteiger partial charge in [0.05, 0.1) is 0 Å². The van der Waals surface area contributed by atoms with E-state index in [0.717, 1.165) is 5.82 Å². The van der Waals surface area contributed by atoms with Crippen molar-refractivity contribution in [3.63, 3.8) is 0 Å². The predicted octanol–water partition coefficient (Wildman–Crippen LogP) is 3.47. The molecule has 1 aromatic rings. The van der Waals surface area contributed by atoms with Crippen molar-refractivity contribution in [1.29, 1.82) is 0 Å². The minimum Gasteiger partial charge on any atom is -0.472 e. The maximum Gasteiger partial charge on any atom is 0.215 e. The van der Waals surface area contributed by atoms with Crippen LogP contribution in [0.5, 0.6) is 5.88 Å². The first-order chi connectivity index (χ1) is 7.16. The molecule has 16 heavy (non-hydrogen) atoms. The van der Waals surface area contributed by atoms with Gasteiger partial charge in [-0.2, -0.15) is 4.98 Å². The molecular formula is C13H22N2O. The molecule has 0 saturated heterocycles. The molecule has 0 fully saturated rings. The van der Waals surface area contributed by atoms with Gasteiger partial charge in [-0.15, -0.1) is 0 Å². The van der Waals surface area contributed by atoms with E-state index < -0.39 is 0 Å². The van der Waals surface area contributed by atoms with Crippen molar-refractivity contribution in [3.05, 3.63) is 18.2 Å².